The summed E-state index contributed by atoms with van der Waals surface area (Å²) in [4.78, 5) is 3.99. The second-order valence-electron chi connectivity index (χ2n) is 1.83. The van der Waals surface area contributed by atoms with Gasteiger partial charge in [0.15, 0.2) is 0 Å². The van der Waals surface area contributed by atoms with Gasteiger partial charge in [0.1, 0.15) is 12.2 Å². The Labute approximate surface area is 53.9 Å². The molecule has 50 valence electrons. The highest BCUT2D eigenvalue weighted by molar-refractivity contribution is 4.80. The number of aryl methyl sites for hydroxylation is 1. The molecule has 9 heavy (non-hydrogen) atoms. The molecule has 0 aliphatic carbocycles. The highest BCUT2D eigenvalue weighted by Crippen LogP contribution is 1.86. The van der Waals surface area contributed by atoms with Gasteiger partial charge >= 0.3 is 0 Å². The Balaban J connectivity index is 2.69. The third-order valence-corrected chi connectivity index (χ3v) is 1.14. The summed E-state index contributed by atoms with van der Waals surface area (Å²) in [5, 5.41) is 6.89. The largest absolute Gasteiger partial charge is 0.313 e. The summed E-state index contributed by atoms with van der Waals surface area (Å²) in [6.45, 7) is 0.774. The molecule has 0 radical (unpaired) electrons. The van der Waals surface area contributed by atoms with Gasteiger partial charge < -0.3 is 5.32 Å². The second kappa shape index (κ2) is 2.59. The van der Waals surface area contributed by atoms with E-state index in [9.17, 15) is 0 Å². The molecule has 1 rings (SSSR count). The van der Waals surface area contributed by atoms with Crippen molar-refractivity contribution in [1.29, 1.82) is 0 Å². The van der Waals surface area contributed by atoms with Gasteiger partial charge in [-0.25, -0.2) is 4.98 Å². The Morgan fingerprint density at radius 1 is 1.78 bits per heavy atom. The molecule has 0 saturated carbocycles. The molecule has 0 atom stereocenters. The number of hydrogen-bond donors (Lipinski definition) is 1. The summed E-state index contributed by atoms with van der Waals surface area (Å²) < 4.78 is 1.75. The topological polar surface area (TPSA) is 42.7 Å². The molecule has 0 saturated heterocycles. The van der Waals surface area contributed by atoms with Gasteiger partial charge in [-0.2, -0.15) is 5.10 Å². The Hall–Kier alpha value is -0.900. The molecular formula is C5H10N4. The molecule has 1 heterocycles. The van der Waals surface area contributed by atoms with Crippen LogP contribution >= 0.6 is 0 Å². The first-order chi connectivity index (χ1) is 4.34. The number of rotatable bonds is 2. The maximum atomic E-state index is 3.99. The van der Waals surface area contributed by atoms with Crippen LogP contribution in [0.2, 0.25) is 0 Å². The third-order valence-electron chi connectivity index (χ3n) is 1.14. The van der Waals surface area contributed by atoms with Crippen LogP contribution < -0.4 is 5.32 Å². The minimum Gasteiger partial charge on any atom is -0.313 e. The van der Waals surface area contributed by atoms with Gasteiger partial charge in [0.2, 0.25) is 0 Å². The summed E-state index contributed by atoms with van der Waals surface area (Å²) in [5.41, 5.74) is 0. The molecule has 0 bridgehead atoms. The molecular weight excluding hydrogens is 116 g/mol. The first-order valence-corrected chi connectivity index (χ1v) is 2.82. The van der Waals surface area contributed by atoms with Crippen molar-refractivity contribution in [3.63, 3.8) is 0 Å². The van der Waals surface area contributed by atoms with Crippen LogP contribution in [0.4, 0.5) is 0 Å². The predicted molar refractivity (Wildman–Crippen MR) is 33.8 cm³/mol. The van der Waals surface area contributed by atoms with Crippen LogP contribution in [-0.2, 0) is 13.6 Å². The highest BCUT2D eigenvalue weighted by atomic mass is 15.3. The van der Waals surface area contributed by atoms with Crippen LogP contribution in [0.15, 0.2) is 6.33 Å². The molecule has 0 unspecified atom stereocenters. The van der Waals surface area contributed by atoms with Crippen molar-refractivity contribution >= 4 is 0 Å². The van der Waals surface area contributed by atoms with Crippen LogP contribution in [-0.4, -0.2) is 21.8 Å². The van der Waals surface area contributed by atoms with E-state index in [1.807, 2.05) is 14.1 Å². The van der Waals surface area contributed by atoms with Crippen LogP contribution in [0.5, 0.6) is 0 Å². The van der Waals surface area contributed by atoms with Gasteiger partial charge in [0.05, 0.1) is 6.54 Å². The minimum atomic E-state index is 0.774. The third kappa shape index (κ3) is 1.26. The number of nitrogens with zero attached hydrogens (tertiary/aromatic N) is 3. The second-order valence-corrected chi connectivity index (χ2v) is 1.83. The lowest BCUT2D eigenvalue weighted by atomic mass is 10.6. The van der Waals surface area contributed by atoms with Gasteiger partial charge in [-0.3, -0.25) is 4.68 Å². The summed E-state index contributed by atoms with van der Waals surface area (Å²) in [6, 6.07) is 0. The molecule has 4 heteroatoms. The van der Waals surface area contributed by atoms with Crippen LogP contribution in [0.25, 0.3) is 0 Å². The molecule has 1 N–H and O–H groups in total. The molecule has 1 aromatic heterocycles. The van der Waals surface area contributed by atoms with Gasteiger partial charge in [0.25, 0.3) is 0 Å². The van der Waals surface area contributed by atoms with Crippen molar-refractivity contribution in [1.82, 2.24) is 20.1 Å². The maximum Gasteiger partial charge on any atom is 0.140 e. The molecule has 0 aliphatic heterocycles. The minimum absolute atomic E-state index is 0.774. The van der Waals surface area contributed by atoms with Crippen LogP contribution in [0, 0.1) is 0 Å². The fourth-order valence-corrected chi connectivity index (χ4v) is 0.638. The van der Waals surface area contributed by atoms with E-state index in [1.54, 1.807) is 11.0 Å². The summed E-state index contributed by atoms with van der Waals surface area (Å²) >= 11 is 0. The lowest BCUT2D eigenvalue weighted by Gasteiger charge is -1.95. The van der Waals surface area contributed by atoms with Crippen LogP contribution in [0.3, 0.4) is 0 Å². The van der Waals surface area contributed by atoms with E-state index in [2.05, 4.69) is 15.4 Å². The van der Waals surface area contributed by atoms with Gasteiger partial charge in [-0.15, -0.1) is 0 Å². The average Bonchev–Trinajstić information content (AvgIpc) is 2.18. The van der Waals surface area contributed by atoms with Crippen LogP contribution in [0.1, 0.15) is 5.82 Å². The zero-order valence-corrected chi connectivity index (χ0v) is 5.63. The quantitative estimate of drug-likeness (QED) is 0.582. The normalized spacial score (nSPS) is 10.0. The molecule has 1 aromatic rings. The van der Waals surface area contributed by atoms with Gasteiger partial charge in [-0.05, 0) is 7.05 Å². The first kappa shape index (κ1) is 6.22. The van der Waals surface area contributed by atoms with E-state index in [-0.39, 0.29) is 0 Å². The SMILES string of the molecule is CNCc1ncnn1C. The van der Waals surface area contributed by atoms with Crippen molar-refractivity contribution in [2.24, 2.45) is 7.05 Å². The van der Waals surface area contributed by atoms with E-state index >= 15 is 0 Å². The van der Waals surface area contributed by atoms with Gasteiger partial charge in [0, 0.05) is 7.05 Å². The first-order valence-electron chi connectivity index (χ1n) is 2.82. The Kier molecular flexibility index (Phi) is 1.79. The zero-order chi connectivity index (χ0) is 6.69. The smallest absolute Gasteiger partial charge is 0.140 e. The molecule has 0 fully saturated rings. The summed E-state index contributed by atoms with van der Waals surface area (Å²) in [5.74, 6) is 0.956. The van der Waals surface area contributed by atoms with E-state index < -0.39 is 0 Å². The maximum absolute atomic E-state index is 3.99. The van der Waals surface area contributed by atoms with E-state index in [4.69, 9.17) is 0 Å². The summed E-state index contributed by atoms with van der Waals surface area (Å²) in [6.07, 6.45) is 1.55. The lowest BCUT2D eigenvalue weighted by Crippen LogP contribution is -2.10. The molecule has 0 amide bonds. The molecule has 4 nitrogen and oxygen atoms in total. The zero-order valence-electron chi connectivity index (χ0n) is 5.63. The number of aromatic nitrogens is 3. The fourth-order valence-electron chi connectivity index (χ4n) is 0.638. The predicted octanol–water partition coefficient (Wildman–Crippen LogP) is -0.466. The average molecular weight is 126 g/mol. The molecule has 0 aromatic carbocycles. The van der Waals surface area contributed by atoms with Gasteiger partial charge in [-0.1, -0.05) is 0 Å². The van der Waals surface area contributed by atoms with Crippen molar-refractivity contribution < 1.29 is 0 Å². The van der Waals surface area contributed by atoms with E-state index in [0.717, 1.165) is 12.4 Å². The molecule has 0 aliphatic rings. The number of nitrogens with one attached hydrogen (secondary N) is 1. The van der Waals surface area contributed by atoms with Crippen molar-refractivity contribution in [2.75, 3.05) is 7.05 Å². The Morgan fingerprint density at radius 3 is 3.00 bits per heavy atom. The highest BCUT2D eigenvalue weighted by Gasteiger charge is 1.94. The van der Waals surface area contributed by atoms with Crippen molar-refractivity contribution in [3.8, 4) is 0 Å². The van der Waals surface area contributed by atoms with E-state index in [0.29, 0.717) is 0 Å². The molecule has 0 spiro atoms. The lowest BCUT2D eigenvalue weighted by molar-refractivity contribution is 0.659. The Bertz CT molecular complexity index is 181. The Morgan fingerprint density at radius 2 is 2.56 bits per heavy atom. The fraction of sp³-hybridized carbons (Fsp3) is 0.600. The standard InChI is InChI=1S/C5H10N4/c1-6-3-5-7-4-8-9(5)2/h4,6H,3H2,1-2H3. The van der Waals surface area contributed by atoms with Crippen molar-refractivity contribution in [2.45, 2.75) is 6.54 Å². The van der Waals surface area contributed by atoms with Crippen molar-refractivity contribution in [3.05, 3.63) is 12.2 Å². The van der Waals surface area contributed by atoms with E-state index in [1.165, 1.54) is 0 Å². The summed E-state index contributed by atoms with van der Waals surface area (Å²) in [7, 11) is 3.76. The monoisotopic (exact) mass is 126 g/mol. The number of hydrogen-bond acceptors (Lipinski definition) is 3.